The molecule has 5 heterocycles. The van der Waals surface area contributed by atoms with Gasteiger partial charge in [0.1, 0.15) is 24.5 Å². The maximum atomic E-state index is 14.0. The molecule has 0 spiro atoms. The number of halogens is 3. The van der Waals surface area contributed by atoms with Gasteiger partial charge >= 0.3 is 6.18 Å². The van der Waals surface area contributed by atoms with Crippen LogP contribution < -0.4 is 21.3 Å². The molecule has 0 radical (unpaired) electrons. The van der Waals surface area contributed by atoms with Gasteiger partial charge in [-0.2, -0.15) is 13.2 Å². The molecule has 0 aromatic rings. The number of hydrogen-bond donors (Lipinski definition) is 8. The zero-order chi connectivity index (χ0) is 50.0. The van der Waals surface area contributed by atoms with E-state index in [4.69, 9.17) is 19.2 Å². The van der Waals surface area contributed by atoms with E-state index in [1.54, 1.807) is 0 Å². The quantitative estimate of drug-likeness (QED) is 0.0470. The average Bonchev–Trinajstić information content (AvgIpc) is 4.19. The molecule has 5 aliphatic heterocycles. The lowest BCUT2D eigenvalue weighted by atomic mass is 9.71. The van der Waals surface area contributed by atoms with Gasteiger partial charge in [0.25, 0.3) is 0 Å². The highest BCUT2D eigenvalue weighted by molar-refractivity contribution is 5.89. The van der Waals surface area contributed by atoms with Crippen LogP contribution in [-0.2, 0) is 14.2 Å². The Morgan fingerprint density at radius 3 is 2.20 bits per heavy atom. The standard InChI is InChI=1S/C51H86F3N9O7/c1-28(2)43(59-49(66)68-6)46(64)61-20-8-10-35(61)25-56-37(26-55-5)31-15-19-39-33(22-31)23-41-36-18-14-32(24-42(36)70-48(63(39)41)30-12-16-34(17-13-30)51(52,53)54)38-27-57-45(58-38)40-11-9-21-62(40)47(65)44(29(3)4)60-50(67)69-7/h12,15,28-29,32-44,46-50,56,59-60,64-67H,5,8-11,13-14,16-27H2,1-4,6-7H3,(H,57,58)/t32?,33?,34?,35-,36?,37?,38?,39?,40-,41?,42?,43-,44-,46?,47?,48?,49?,50?/m0/s1. The van der Waals surface area contributed by atoms with E-state index < -0.39 is 49.5 Å². The molecule has 0 bridgehead atoms. The Bertz CT molecular complexity index is 1830. The summed E-state index contributed by atoms with van der Waals surface area (Å²) < 4.78 is 59.3. The molecular weight excluding hydrogens is 908 g/mol. The number of rotatable bonds is 21. The van der Waals surface area contributed by atoms with Crippen LogP contribution in [0.25, 0.3) is 0 Å². The monoisotopic (exact) mass is 994 g/mol. The van der Waals surface area contributed by atoms with Crippen molar-refractivity contribution in [2.75, 3.05) is 46.9 Å². The van der Waals surface area contributed by atoms with Crippen LogP contribution in [0.4, 0.5) is 13.2 Å². The summed E-state index contributed by atoms with van der Waals surface area (Å²) in [5, 5.41) is 57.4. The Hall–Kier alpha value is -2.11. The van der Waals surface area contributed by atoms with Crippen LogP contribution in [0, 0.1) is 35.5 Å². The topological polar surface area (TPSA) is 191 Å². The number of aliphatic hydroxyl groups is 4. The highest BCUT2D eigenvalue weighted by atomic mass is 19.4. The van der Waals surface area contributed by atoms with E-state index in [1.165, 1.54) is 19.8 Å². The van der Waals surface area contributed by atoms with E-state index >= 15 is 0 Å². The third-order valence-corrected chi connectivity index (χ3v) is 17.8. The Kier molecular flexibility index (Phi) is 18.3. The van der Waals surface area contributed by atoms with Crippen LogP contribution in [0.2, 0.25) is 0 Å². The van der Waals surface area contributed by atoms with Crippen LogP contribution in [-0.4, -0.2) is 187 Å². The molecular formula is C51H86F3N9O7. The molecule has 8 N–H and O–H groups in total. The minimum atomic E-state index is -4.21. The number of hydrogen-bond acceptors (Lipinski definition) is 16. The van der Waals surface area contributed by atoms with Crippen LogP contribution in [0.5, 0.6) is 0 Å². The van der Waals surface area contributed by atoms with Gasteiger partial charge in [-0.15, -0.1) is 0 Å². The fourth-order valence-electron chi connectivity index (χ4n) is 13.9. The number of alkyl halides is 3. The summed E-state index contributed by atoms with van der Waals surface area (Å²) in [4.78, 5) is 16.3. The number of nitrogens with zero attached hydrogens (tertiary/aromatic N) is 5. The molecule has 0 aromatic carbocycles. The summed E-state index contributed by atoms with van der Waals surface area (Å²) in [5.74, 6) is 0.661. The highest BCUT2D eigenvalue weighted by Crippen LogP contribution is 2.53. The molecule has 19 heteroatoms. The molecule has 70 heavy (non-hydrogen) atoms. The molecule has 14 unspecified atom stereocenters. The molecule has 8 aliphatic rings. The predicted molar refractivity (Wildman–Crippen MR) is 262 cm³/mol. The lowest BCUT2D eigenvalue weighted by Crippen LogP contribution is -2.61. The molecule has 1 saturated carbocycles. The van der Waals surface area contributed by atoms with Gasteiger partial charge in [-0.1, -0.05) is 45.4 Å². The van der Waals surface area contributed by atoms with Crippen LogP contribution in [0.1, 0.15) is 111 Å². The second-order valence-corrected chi connectivity index (χ2v) is 22.5. The second kappa shape index (κ2) is 23.6. The third-order valence-electron chi connectivity index (χ3n) is 17.8. The number of aliphatic imine (C=N–C) groups is 2. The van der Waals surface area contributed by atoms with Gasteiger partial charge in [0.2, 0.25) is 12.8 Å². The van der Waals surface area contributed by atoms with Gasteiger partial charge in [0.05, 0.1) is 43.2 Å². The van der Waals surface area contributed by atoms with E-state index in [9.17, 15) is 33.6 Å². The van der Waals surface area contributed by atoms with Gasteiger partial charge in [0.15, 0.2) is 0 Å². The molecule has 16 nitrogen and oxygen atoms in total. The van der Waals surface area contributed by atoms with Gasteiger partial charge in [-0.25, -0.2) is 0 Å². The normalized spacial score (nSPS) is 36.3. The number of amidine groups is 1. The minimum Gasteiger partial charge on any atom is -0.377 e. The number of allylic oxidation sites excluding steroid dienone is 1. The summed E-state index contributed by atoms with van der Waals surface area (Å²) in [6, 6.07) is -0.169. The average molecular weight is 994 g/mol. The SMILES string of the molecule is C=NCC(NC[C@@H]1CCCN1C(O)[C@@H](NC(O)OC)C(C)C)C1=CCC2C(C1)CC1C3CCC(C4CN=C([C@@H]5CCCN5C(O)[C@@H](NC(O)OC)C(C)C)N4)CC3OC(C3=CCC(C(F)(F)F)CC3)N21. The van der Waals surface area contributed by atoms with E-state index in [-0.39, 0.29) is 73.3 Å². The second-order valence-electron chi connectivity index (χ2n) is 22.5. The molecule has 18 atom stereocenters. The molecule has 0 amide bonds. The lowest BCUT2D eigenvalue weighted by molar-refractivity contribution is -0.197. The summed E-state index contributed by atoms with van der Waals surface area (Å²) >= 11 is 0. The van der Waals surface area contributed by atoms with Gasteiger partial charge in [-0.05, 0) is 119 Å². The fraction of sp³-hybridized carbons (Fsp3) is 0.882. The Balaban J connectivity index is 0.942. The number of methoxy groups -OCH3 is 2. The predicted octanol–water partition coefficient (Wildman–Crippen LogP) is 3.86. The first-order chi connectivity index (χ1) is 33.5. The van der Waals surface area contributed by atoms with Crippen molar-refractivity contribution in [1.29, 1.82) is 0 Å². The first-order valence-electron chi connectivity index (χ1n) is 26.7. The van der Waals surface area contributed by atoms with Crippen LogP contribution in [0.15, 0.2) is 33.3 Å². The lowest BCUT2D eigenvalue weighted by Gasteiger charge is -2.53. The van der Waals surface area contributed by atoms with Crippen molar-refractivity contribution in [3.8, 4) is 0 Å². The number of fused-ring (bicyclic) bond motifs is 5. The molecule has 5 fully saturated rings. The largest absolute Gasteiger partial charge is 0.392 e. The van der Waals surface area contributed by atoms with Crippen molar-refractivity contribution in [2.45, 2.75) is 203 Å². The first-order valence-corrected chi connectivity index (χ1v) is 26.7. The van der Waals surface area contributed by atoms with Crippen LogP contribution >= 0.6 is 0 Å². The van der Waals surface area contributed by atoms with Crippen molar-refractivity contribution in [3.05, 3.63) is 23.3 Å². The van der Waals surface area contributed by atoms with E-state index in [1.807, 2.05) is 33.8 Å². The first kappa shape index (κ1) is 54.2. The fourth-order valence-corrected chi connectivity index (χ4v) is 13.9. The summed E-state index contributed by atoms with van der Waals surface area (Å²) in [6.07, 6.45) is 5.45. The number of likely N-dealkylation sites (tertiary alicyclic amines) is 2. The van der Waals surface area contributed by atoms with Crippen molar-refractivity contribution in [1.82, 2.24) is 36.0 Å². The Morgan fingerprint density at radius 2 is 1.56 bits per heavy atom. The van der Waals surface area contributed by atoms with Crippen molar-refractivity contribution in [2.24, 2.45) is 45.5 Å². The third kappa shape index (κ3) is 11.9. The maximum absolute atomic E-state index is 14.0. The summed E-state index contributed by atoms with van der Waals surface area (Å²) in [6.45, 7) is 15.3. The van der Waals surface area contributed by atoms with Gasteiger partial charge < -0.3 is 45.3 Å². The number of ether oxygens (including phenoxy) is 3. The minimum absolute atomic E-state index is 0.00685. The van der Waals surface area contributed by atoms with Crippen LogP contribution in [0.3, 0.4) is 0 Å². The molecule has 398 valence electrons. The summed E-state index contributed by atoms with van der Waals surface area (Å²) in [5.41, 5.74) is 2.33. The Labute approximate surface area is 414 Å². The van der Waals surface area contributed by atoms with E-state index in [0.717, 1.165) is 88.7 Å². The van der Waals surface area contributed by atoms with Crippen molar-refractivity contribution in [3.63, 3.8) is 0 Å². The van der Waals surface area contributed by atoms with Crippen molar-refractivity contribution >= 4 is 12.6 Å². The smallest absolute Gasteiger partial charge is 0.377 e. The van der Waals surface area contributed by atoms with Gasteiger partial charge in [0, 0.05) is 70.0 Å². The number of aliphatic hydroxyl groups excluding tert-OH is 4. The van der Waals surface area contributed by atoms with E-state index in [2.05, 4.69) is 53.8 Å². The molecule has 8 rings (SSSR count). The maximum Gasteiger partial charge on any atom is 0.392 e. The zero-order valence-electron chi connectivity index (χ0n) is 42.5. The van der Waals surface area contributed by atoms with Crippen molar-refractivity contribution < 1.29 is 47.8 Å². The molecule has 3 aliphatic carbocycles. The summed E-state index contributed by atoms with van der Waals surface area (Å²) in [7, 11) is 2.85. The van der Waals surface area contributed by atoms with Gasteiger partial charge in [-0.3, -0.25) is 35.3 Å². The zero-order valence-corrected chi connectivity index (χ0v) is 42.5. The highest BCUT2D eigenvalue weighted by Gasteiger charge is 2.57. The Morgan fingerprint density at radius 1 is 0.871 bits per heavy atom. The molecule has 0 aromatic heterocycles. The molecule has 4 saturated heterocycles. The van der Waals surface area contributed by atoms with E-state index in [0.29, 0.717) is 43.8 Å². The number of nitrogens with one attached hydrogen (secondary N) is 4.